The molecule has 0 unspecified atom stereocenters. The lowest BCUT2D eigenvalue weighted by Gasteiger charge is -2.17. The van der Waals surface area contributed by atoms with Crippen molar-refractivity contribution in [2.24, 2.45) is 0 Å². The first-order valence-electron chi connectivity index (χ1n) is 6.25. The third-order valence-corrected chi connectivity index (χ3v) is 2.67. The quantitative estimate of drug-likeness (QED) is 0.735. The average molecular weight is 238 g/mol. The summed E-state index contributed by atoms with van der Waals surface area (Å²) in [5, 5.41) is 3.38. The summed E-state index contributed by atoms with van der Waals surface area (Å²) >= 11 is 0. The van der Waals surface area contributed by atoms with Gasteiger partial charge in [-0.05, 0) is 32.6 Å². The molecule has 0 saturated heterocycles. The smallest absolute Gasteiger partial charge is 0.127 e. The summed E-state index contributed by atoms with van der Waals surface area (Å²) in [5.41, 5.74) is 0.770. The van der Waals surface area contributed by atoms with Crippen LogP contribution in [0.3, 0.4) is 0 Å². The van der Waals surface area contributed by atoms with Crippen LogP contribution >= 0.6 is 0 Å². The molecular formula is C14H23FN2. The summed E-state index contributed by atoms with van der Waals surface area (Å²) in [4.78, 5) is 2.15. The van der Waals surface area contributed by atoms with E-state index < -0.39 is 0 Å². The van der Waals surface area contributed by atoms with Crippen LogP contribution in [0, 0.1) is 5.82 Å². The van der Waals surface area contributed by atoms with E-state index in [0.29, 0.717) is 12.6 Å². The second-order valence-electron chi connectivity index (χ2n) is 4.79. The van der Waals surface area contributed by atoms with E-state index in [1.165, 1.54) is 6.07 Å². The lowest BCUT2D eigenvalue weighted by molar-refractivity contribution is 0.313. The van der Waals surface area contributed by atoms with Gasteiger partial charge in [0.2, 0.25) is 0 Å². The Labute approximate surface area is 104 Å². The predicted molar refractivity (Wildman–Crippen MR) is 70.5 cm³/mol. The molecule has 0 heterocycles. The lowest BCUT2D eigenvalue weighted by Crippen LogP contribution is -2.27. The molecule has 0 aliphatic rings. The number of hydrogen-bond acceptors (Lipinski definition) is 2. The van der Waals surface area contributed by atoms with Gasteiger partial charge in [0.25, 0.3) is 0 Å². The van der Waals surface area contributed by atoms with Crippen molar-refractivity contribution in [1.82, 2.24) is 10.2 Å². The van der Waals surface area contributed by atoms with E-state index in [1.54, 1.807) is 6.07 Å². The fourth-order valence-electron chi connectivity index (χ4n) is 1.74. The number of halogens is 1. The van der Waals surface area contributed by atoms with Gasteiger partial charge in [-0.15, -0.1) is 0 Å². The van der Waals surface area contributed by atoms with Crippen LogP contribution in [-0.2, 0) is 6.54 Å². The highest BCUT2D eigenvalue weighted by atomic mass is 19.1. The van der Waals surface area contributed by atoms with Crippen LogP contribution in [0.2, 0.25) is 0 Å². The molecule has 1 rings (SSSR count). The van der Waals surface area contributed by atoms with Gasteiger partial charge in [0, 0.05) is 18.2 Å². The lowest BCUT2D eigenvalue weighted by atomic mass is 10.2. The Kier molecular flexibility index (Phi) is 6.16. The molecule has 96 valence electrons. The SMILES string of the molecule is CC(C)NCCCN(C)Cc1ccccc1F. The van der Waals surface area contributed by atoms with Crippen molar-refractivity contribution in [2.75, 3.05) is 20.1 Å². The summed E-state index contributed by atoms with van der Waals surface area (Å²) in [5.74, 6) is -0.111. The first-order chi connectivity index (χ1) is 8.09. The molecule has 2 nitrogen and oxygen atoms in total. The zero-order valence-electron chi connectivity index (χ0n) is 11.0. The minimum absolute atomic E-state index is 0.111. The molecule has 0 aliphatic heterocycles. The van der Waals surface area contributed by atoms with Crippen LogP contribution in [0.5, 0.6) is 0 Å². The molecule has 1 aromatic rings. The highest BCUT2D eigenvalue weighted by Gasteiger charge is 2.04. The molecule has 0 amide bonds. The first kappa shape index (κ1) is 14.1. The monoisotopic (exact) mass is 238 g/mol. The Morgan fingerprint density at radius 3 is 2.65 bits per heavy atom. The third-order valence-electron chi connectivity index (χ3n) is 2.67. The zero-order chi connectivity index (χ0) is 12.7. The molecule has 3 heteroatoms. The summed E-state index contributed by atoms with van der Waals surface area (Å²) < 4.78 is 13.4. The summed E-state index contributed by atoms with van der Waals surface area (Å²) in [6, 6.07) is 7.51. The van der Waals surface area contributed by atoms with Gasteiger partial charge in [-0.1, -0.05) is 32.0 Å². The van der Waals surface area contributed by atoms with Gasteiger partial charge in [-0.25, -0.2) is 4.39 Å². The maximum Gasteiger partial charge on any atom is 0.127 e. The van der Waals surface area contributed by atoms with E-state index in [-0.39, 0.29) is 5.82 Å². The molecule has 0 aromatic heterocycles. The van der Waals surface area contributed by atoms with Crippen molar-refractivity contribution < 1.29 is 4.39 Å². The molecule has 0 saturated carbocycles. The van der Waals surface area contributed by atoms with E-state index in [4.69, 9.17) is 0 Å². The fourth-order valence-corrected chi connectivity index (χ4v) is 1.74. The molecule has 0 radical (unpaired) electrons. The van der Waals surface area contributed by atoms with Gasteiger partial charge in [0.05, 0.1) is 0 Å². The molecule has 1 N–H and O–H groups in total. The Balaban J connectivity index is 2.25. The van der Waals surface area contributed by atoms with Gasteiger partial charge in [0.1, 0.15) is 5.82 Å². The topological polar surface area (TPSA) is 15.3 Å². The minimum atomic E-state index is -0.111. The molecule has 17 heavy (non-hydrogen) atoms. The van der Waals surface area contributed by atoms with Crippen molar-refractivity contribution >= 4 is 0 Å². The van der Waals surface area contributed by atoms with Crippen molar-refractivity contribution in [1.29, 1.82) is 0 Å². The van der Waals surface area contributed by atoms with E-state index in [9.17, 15) is 4.39 Å². The Bertz CT molecular complexity index is 326. The summed E-state index contributed by atoms with van der Waals surface area (Å²) in [6.07, 6.45) is 1.09. The average Bonchev–Trinajstić information content (AvgIpc) is 2.27. The second kappa shape index (κ2) is 7.41. The molecule has 0 fully saturated rings. The van der Waals surface area contributed by atoms with Gasteiger partial charge < -0.3 is 10.2 Å². The Morgan fingerprint density at radius 2 is 2.00 bits per heavy atom. The fraction of sp³-hybridized carbons (Fsp3) is 0.571. The second-order valence-corrected chi connectivity index (χ2v) is 4.79. The number of nitrogens with zero attached hydrogens (tertiary/aromatic N) is 1. The van der Waals surface area contributed by atoms with Crippen LogP contribution in [0.4, 0.5) is 4.39 Å². The first-order valence-corrected chi connectivity index (χ1v) is 6.25. The Hall–Kier alpha value is -0.930. The largest absolute Gasteiger partial charge is 0.314 e. The maximum atomic E-state index is 13.4. The number of hydrogen-bond donors (Lipinski definition) is 1. The number of benzene rings is 1. The highest BCUT2D eigenvalue weighted by molar-refractivity contribution is 5.16. The molecule has 0 bridgehead atoms. The Morgan fingerprint density at radius 1 is 1.29 bits per heavy atom. The van der Waals surface area contributed by atoms with E-state index >= 15 is 0 Å². The molecule has 0 atom stereocenters. The summed E-state index contributed by atoms with van der Waals surface area (Å²) in [6.45, 7) is 6.95. The van der Waals surface area contributed by atoms with Crippen molar-refractivity contribution in [2.45, 2.75) is 32.9 Å². The van der Waals surface area contributed by atoms with Gasteiger partial charge in [-0.3, -0.25) is 0 Å². The van der Waals surface area contributed by atoms with Crippen LogP contribution in [0.1, 0.15) is 25.8 Å². The highest BCUT2D eigenvalue weighted by Crippen LogP contribution is 2.08. The molecule has 0 spiro atoms. The standard InChI is InChI=1S/C14H23FN2/c1-12(2)16-9-6-10-17(3)11-13-7-4-5-8-14(13)15/h4-5,7-8,12,16H,6,9-11H2,1-3H3. The van der Waals surface area contributed by atoms with Crippen molar-refractivity contribution in [3.05, 3.63) is 35.6 Å². The number of nitrogens with one attached hydrogen (secondary N) is 1. The summed E-state index contributed by atoms with van der Waals surface area (Å²) in [7, 11) is 2.03. The van der Waals surface area contributed by atoms with E-state index in [1.807, 2.05) is 19.2 Å². The predicted octanol–water partition coefficient (Wildman–Crippen LogP) is 2.65. The van der Waals surface area contributed by atoms with Gasteiger partial charge in [-0.2, -0.15) is 0 Å². The van der Waals surface area contributed by atoms with Crippen LogP contribution in [0.25, 0.3) is 0 Å². The van der Waals surface area contributed by atoms with Gasteiger partial charge >= 0.3 is 0 Å². The van der Waals surface area contributed by atoms with E-state index in [2.05, 4.69) is 24.1 Å². The van der Waals surface area contributed by atoms with Crippen molar-refractivity contribution in [3.63, 3.8) is 0 Å². The van der Waals surface area contributed by atoms with Gasteiger partial charge in [0.15, 0.2) is 0 Å². The van der Waals surface area contributed by atoms with Crippen LogP contribution < -0.4 is 5.32 Å². The van der Waals surface area contributed by atoms with E-state index in [0.717, 1.165) is 25.1 Å². The molecular weight excluding hydrogens is 215 g/mol. The molecule has 0 aliphatic carbocycles. The molecule has 1 aromatic carbocycles. The third kappa shape index (κ3) is 5.80. The van der Waals surface area contributed by atoms with Crippen molar-refractivity contribution in [3.8, 4) is 0 Å². The van der Waals surface area contributed by atoms with Crippen LogP contribution in [-0.4, -0.2) is 31.1 Å². The normalized spacial score (nSPS) is 11.4. The zero-order valence-corrected chi connectivity index (χ0v) is 11.0. The maximum absolute atomic E-state index is 13.4. The minimum Gasteiger partial charge on any atom is -0.314 e. The number of rotatable bonds is 7. The van der Waals surface area contributed by atoms with Crippen LogP contribution in [0.15, 0.2) is 24.3 Å².